The zero-order valence-corrected chi connectivity index (χ0v) is 13.5. The minimum Gasteiger partial charge on any atom is -0.444 e. The molecule has 0 radical (unpaired) electrons. The van der Waals surface area contributed by atoms with Gasteiger partial charge in [-0.25, -0.2) is 4.79 Å². The number of rotatable bonds is 3. The molecule has 2 atom stereocenters. The summed E-state index contributed by atoms with van der Waals surface area (Å²) in [7, 11) is 1.59. The summed E-state index contributed by atoms with van der Waals surface area (Å²) < 4.78 is 42.5. The van der Waals surface area contributed by atoms with Crippen LogP contribution in [0.1, 0.15) is 33.6 Å². The molecule has 0 spiro atoms. The second kappa shape index (κ2) is 7.04. The van der Waals surface area contributed by atoms with Gasteiger partial charge in [0.1, 0.15) is 5.60 Å². The van der Waals surface area contributed by atoms with Gasteiger partial charge in [0.05, 0.1) is 0 Å². The van der Waals surface area contributed by atoms with Gasteiger partial charge in [-0.3, -0.25) is 4.90 Å². The number of hydrogen-bond donors (Lipinski definition) is 1. The monoisotopic (exact) mass is 326 g/mol. The van der Waals surface area contributed by atoms with Crippen LogP contribution < -0.4 is 0 Å². The number of aliphatic hydroxyl groups is 1. The Balaban J connectivity index is 2.57. The van der Waals surface area contributed by atoms with Gasteiger partial charge in [-0.2, -0.15) is 13.2 Å². The third-order valence-corrected chi connectivity index (χ3v) is 3.52. The first kappa shape index (κ1) is 19.0. The number of ether oxygens (including phenoxy) is 1. The molecule has 130 valence electrons. The Morgan fingerprint density at radius 1 is 1.41 bits per heavy atom. The molecule has 1 aliphatic rings. The summed E-state index contributed by atoms with van der Waals surface area (Å²) in [5.74, 6) is 0. The van der Waals surface area contributed by atoms with E-state index in [1.54, 1.807) is 27.8 Å². The molecule has 5 nitrogen and oxygen atoms in total. The lowest BCUT2D eigenvalue weighted by molar-refractivity contribution is -0.209. The maximum absolute atomic E-state index is 12.4. The summed E-state index contributed by atoms with van der Waals surface area (Å²) in [4.78, 5) is 15.0. The minimum absolute atomic E-state index is 0.218. The Morgan fingerprint density at radius 3 is 2.50 bits per heavy atom. The number of carbonyl (C=O) groups excluding carboxylic acids is 1. The van der Waals surface area contributed by atoms with Crippen LogP contribution in [0.15, 0.2) is 0 Å². The summed E-state index contributed by atoms with van der Waals surface area (Å²) in [5.41, 5.74) is -0.619. The number of likely N-dealkylation sites (tertiary alicyclic amines) is 1. The van der Waals surface area contributed by atoms with Crippen molar-refractivity contribution in [2.75, 3.05) is 26.7 Å². The topological polar surface area (TPSA) is 53.0 Å². The van der Waals surface area contributed by atoms with Crippen molar-refractivity contribution in [3.63, 3.8) is 0 Å². The number of likely N-dealkylation sites (N-methyl/N-ethyl adjacent to an activating group) is 1. The maximum atomic E-state index is 12.4. The van der Waals surface area contributed by atoms with E-state index in [4.69, 9.17) is 9.84 Å². The van der Waals surface area contributed by atoms with Crippen LogP contribution >= 0.6 is 0 Å². The van der Waals surface area contributed by atoms with Crippen LogP contribution in [-0.4, -0.2) is 71.6 Å². The van der Waals surface area contributed by atoms with Crippen molar-refractivity contribution in [2.45, 2.75) is 57.5 Å². The Morgan fingerprint density at radius 2 is 2.00 bits per heavy atom. The molecular formula is C14H25F3N2O3. The van der Waals surface area contributed by atoms with E-state index in [2.05, 4.69) is 0 Å². The molecule has 22 heavy (non-hydrogen) atoms. The molecule has 1 saturated heterocycles. The molecule has 0 aliphatic carbocycles. The van der Waals surface area contributed by atoms with E-state index in [9.17, 15) is 18.0 Å². The Labute approximate surface area is 129 Å². The average molecular weight is 326 g/mol. The van der Waals surface area contributed by atoms with E-state index in [0.717, 1.165) is 0 Å². The fourth-order valence-corrected chi connectivity index (χ4v) is 2.34. The van der Waals surface area contributed by atoms with Crippen LogP contribution in [-0.2, 0) is 4.74 Å². The highest BCUT2D eigenvalue weighted by molar-refractivity contribution is 5.68. The normalized spacial score (nSPS) is 22.3. The third kappa shape index (κ3) is 6.00. The molecule has 0 unspecified atom stereocenters. The number of alkyl halides is 3. The fourth-order valence-electron chi connectivity index (χ4n) is 2.34. The second-order valence-corrected chi connectivity index (χ2v) is 6.70. The lowest BCUT2D eigenvalue weighted by Crippen LogP contribution is -2.52. The first-order valence-electron chi connectivity index (χ1n) is 7.33. The SMILES string of the molecule is CN(C(=O)OC(C)(C)C)[C@H]1CCCN(C[C@H](O)C(F)(F)F)C1. The summed E-state index contributed by atoms with van der Waals surface area (Å²) in [6, 6.07) is -0.218. The van der Waals surface area contributed by atoms with Gasteiger partial charge in [0.2, 0.25) is 0 Å². The highest BCUT2D eigenvalue weighted by Crippen LogP contribution is 2.23. The molecule has 1 heterocycles. The van der Waals surface area contributed by atoms with Gasteiger partial charge < -0.3 is 14.7 Å². The van der Waals surface area contributed by atoms with Gasteiger partial charge >= 0.3 is 12.3 Å². The first-order valence-corrected chi connectivity index (χ1v) is 7.33. The van der Waals surface area contributed by atoms with Crippen LogP contribution in [0.3, 0.4) is 0 Å². The number of hydrogen-bond acceptors (Lipinski definition) is 4. The van der Waals surface area contributed by atoms with Crippen molar-refractivity contribution in [3.8, 4) is 0 Å². The van der Waals surface area contributed by atoms with Gasteiger partial charge in [0.25, 0.3) is 0 Å². The van der Waals surface area contributed by atoms with Crippen LogP contribution in [0.25, 0.3) is 0 Å². The quantitative estimate of drug-likeness (QED) is 0.864. The minimum atomic E-state index is -4.62. The van der Waals surface area contributed by atoms with E-state index < -0.39 is 30.5 Å². The van der Waals surface area contributed by atoms with Gasteiger partial charge in [0.15, 0.2) is 6.10 Å². The molecule has 0 saturated carbocycles. The molecule has 1 amide bonds. The average Bonchev–Trinajstić information content (AvgIpc) is 2.35. The van der Waals surface area contributed by atoms with E-state index in [0.29, 0.717) is 25.9 Å². The predicted octanol–water partition coefficient (Wildman–Crippen LogP) is 2.24. The Bertz CT molecular complexity index is 383. The second-order valence-electron chi connectivity index (χ2n) is 6.70. The molecule has 1 N–H and O–H groups in total. The molecule has 1 fully saturated rings. The van der Waals surface area contributed by atoms with Gasteiger partial charge in [-0.15, -0.1) is 0 Å². The summed E-state index contributed by atoms with van der Waals surface area (Å²) in [5, 5.41) is 9.15. The molecule has 0 aromatic carbocycles. The van der Waals surface area contributed by atoms with Gasteiger partial charge in [-0.05, 0) is 40.2 Å². The Kier molecular flexibility index (Phi) is 6.09. The van der Waals surface area contributed by atoms with Crippen LogP contribution in [0.4, 0.5) is 18.0 Å². The lowest BCUT2D eigenvalue weighted by atomic mass is 10.0. The molecule has 8 heteroatoms. The molecular weight excluding hydrogens is 301 g/mol. The molecule has 0 bridgehead atoms. The van der Waals surface area contributed by atoms with E-state index in [1.165, 1.54) is 9.80 Å². The van der Waals surface area contributed by atoms with Gasteiger partial charge in [0, 0.05) is 26.2 Å². The summed E-state index contributed by atoms with van der Waals surface area (Å²) in [6.07, 6.45) is -6.10. The third-order valence-electron chi connectivity index (χ3n) is 3.52. The number of amides is 1. The zero-order chi connectivity index (χ0) is 17.1. The number of halogens is 3. The number of β-amino-alcohol motifs (C(OH)–C–C–N with tert-alkyl or cyclic N) is 1. The Hall–Kier alpha value is -1.02. The molecule has 1 aliphatic heterocycles. The number of piperidine rings is 1. The first-order chi connectivity index (χ1) is 9.90. The van der Waals surface area contributed by atoms with Crippen molar-refractivity contribution < 1.29 is 27.8 Å². The van der Waals surface area contributed by atoms with Crippen molar-refractivity contribution in [3.05, 3.63) is 0 Å². The summed E-state index contributed by atoms with van der Waals surface area (Å²) >= 11 is 0. The van der Waals surface area contributed by atoms with Crippen molar-refractivity contribution in [1.29, 1.82) is 0 Å². The van der Waals surface area contributed by atoms with Crippen molar-refractivity contribution in [2.24, 2.45) is 0 Å². The van der Waals surface area contributed by atoms with Crippen molar-refractivity contribution in [1.82, 2.24) is 9.80 Å². The standard InChI is InChI=1S/C14H25F3N2O3/c1-13(2,3)22-12(21)18(4)10-6-5-7-19(8-10)9-11(20)14(15,16)17/h10-11,20H,5-9H2,1-4H3/t10-,11-/m0/s1. The van der Waals surface area contributed by atoms with E-state index in [-0.39, 0.29) is 6.04 Å². The predicted molar refractivity (Wildman–Crippen MR) is 75.5 cm³/mol. The van der Waals surface area contributed by atoms with Crippen molar-refractivity contribution >= 4 is 6.09 Å². The fraction of sp³-hybridized carbons (Fsp3) is 0.929. The number of aliphatic hydroxyl groups excluding tert-OH is 1. The smallest absolute Gasteiger partial charge is 0.415 e. The number of carbonyl (C=O) groups is 1. The van der Waals surface area contributed by atoms with Gasteiger partial charge in [-0.1, -0.05) is 0 Å². The van der Waals surface area contributed by atoms with E-state index >= 15 is 0 Å². The van der Waals surface area contributed by atoms with Crippen LogP contribution in [0.2, 0.25) is 0 Å². The molecule has 0 aromatic heterocycles. The highest BCUT2D eigenvalue weighted by atomic mass is 19.4. The number of nitrogens with zero attached hydrogens (tertiary/aromatic N) is 2. The zero-order valence-electron chi connectivity index (χ0n) is 13.5. The maximum Gasteiger partial charge on any atom is 0.415 e. The van der Waals surface area contributed by atoms with Crippen LogP contribution in [0.5, 0.6) is 0 Å². The van der Waals surface area contributed by atoms with E-state index in [1.807, 2.05) is 0 Å². The molecule has 0 aromatic rings. The molecule has 1 rings (SSSR count). The van der Waals surface area contributed by atoms with Crippen LogP contribution in [0, 0.1) is 0 Å². The summed E-state index contributed by atoms with van der Waals surface area (Å²) in [6.45, 7) is 5.57. The highest BCUT2D eigenvalue weighted by Gasteiger charge is 2.40. The lowest BCUT2D eigenvalue weighted by Gasteiger charge is -2.38. The largest absolute Gasteiger partial charge is 0.444 e.